The standard InChI is InChI=1S/C9H12N4S/c1-2-8-5-12-9(14-8)13-7-3-10-6-11-4-7/h3-4,6,8H,2,5H2,1H3,(H,12,13). The molecule has 1 aliphatic heterocycles. The van der Waals surface area contributed by atoms with Gasteiger partial charge in [-0.05, 0) is 6.42 Å². The van der Waals surface area contributed by atoms with E-state index >= 15 is 0 Å². The number of aliphatic imine (C=N–C) groups is 1. The highest BCUT2D eigenvalue weighted by Crippen LogP contribution is 2.23. The zero-order valence-electron chi connectivity index (χ0n) is 7.97. The van der Waals surface area contributed by atoms with Gasteiger partial charge in [-0.3, -0.25) is 4.99 Å². The molecule has 2 heterocycles. The monoisotopic (exact) mass is 208 g/mol. The second-order valence-electron chi connectivity index (χ2n) is 3.05. The van der Waals surface area contributed by atoms with Crippen LogP contribution in [0.15, 0.2) is 23.7 Å². The summed E-state index contributed by atoms with van der Waals surface area (Å²) < 4.78 is 0. The van der Waals surface area contributed by atoms with Crippen LogP contribution in [0.4, 0.5) is 5.69 Å². The van der Waals surface area contributed by atoms with Crippen molar-refractivity contribution in [1.82, 2.24) is 9.97 Å². The summed E-state index contributed by atoms with van der Waals surface area (Å²) in [5, 5.41) is 4.80. The minimum Gasteiger partial charge on any atom is -0.332 e. The molecule has 0 amide bonds. The molecule has 1 N–H and O–H groups in total. The maximum Gasteiger partial charge on any atom is 0.161 e. The summed E-state index contributed by atoms with van der Waals surface area (Å²) in [6.45, 7) is 3.10. The lowest BCUT2D eigenvalue weighted by Crippen LogP contribution is -2.07. The van der Waals surface area contributed by atoms with Crippen LogP contribution in [0, 0.1) is 0 Å². The van der Waals surface area contributed by atoms with E-state index in [4.69, 9.17) is 0 Å². The van der Waals surface area contributed by atoms with Crippen molar-refractivity contribution in [1.29, 1.82) is 0 Å². The van der Waals surface area contributed by atoms with Crippen LogP contribution in [0.1, 0.15) is 13.3 Å². The Hall–Kier alpha value is -1.10. The van der Waals surface area contributed by atoms with Crippen molar-refractivity contribution in [3.8, 4) is 0 Å². The van der Waals surface area contributed by atoms with Gasteiger partial charge in [0.1, 0.15) is 6.33 Å². The van der Waals surface area contributed by atoms with Crippen molar-refractivity contribution >= 4 is 22.6 Å². The average Bonchev–Trinajstić information content (AvgIpc) is 2.67. The van der Waals surface area contributed by atoms with Crippen molar-refractivity contribution in [3.63, 3.8) is 0 Å². The van der Waals surface area contributed by atoms with Crippen molar-refractivity contribution < 1.29 is 0 Å². The fourth-order valence-corrected chi connectivity index (χ4v) is 2.14. The molecule has 1 aromatic rings. The predicted octanol–water partition coefficient (Wildman–Crippen LogP) is 1.77. The zero-order chi connectivity index (χ0) is 9.80. The first kappa shape index (κ1) is 9.45. The molecule has 1 atom stereocenters. The van der Waals surface area contributed by atoms with Gasteiger partial charge in [0, 0.05) is 5.25 Å². The van der Waals surface area contributed by atoms with E-state index in [1.54, 1.807) is 24.2 Å². The summed E-state index contributed by atoms with van der Waals surface area (Å²) in [5.41, 5.74) is 0.899. The van der Waals surface area contributed by atoms with E-state index in [-0.39, 0.29) is 0 Å². The van der Waals surface area contributed by atoms with E-state index in [1.165, 1.54) is 6.33 Å². The lowest BCUT2D eigenvalue weighted by Gasteiger charge is -2.05. The molecule has 0 aliphatic carbocycles. The quantitative estimate of drug-likeness (QED) is 0.804. The third-order valence-electron chi connectivity index (χ3n) is 1.98. The van der Waals surface area contributed by atoms with E-state index < -0.39 is 0 Å². The molecule has 74 valence electrons. The lowest BCUT2D eigenvalue weighted by molar-refractivity contribution is 0.843. The molecule has 0 spiro atoms. The normalized spacial score (nSPS) is 20.6. The maximum atomic E-state index is 4.40. The molecule has 2 rings (SSSR count). The number of thioether (sulfide) groups is 1. The second-order valence-corrected chi connectivity index (χ2v) is 4.34. The Morgan fingerprint density at radius 3 is 2.93 bits per heavy atom. The molecule has 0 fully saturated rings. The smallest absolute Gasteiger partial charge is 0.161 e. The SMILES string of the molecule is CCC1CN=C(Nc2cncnc2)S1. The van der Waals surface area contributed by atoms with Crippen molar-refractivity contribution in [2.24, 2.45) is 4.99 Å². The van der Waals surface area contributed by atoms with Gasteiger partial charge in [0.15, 0.2) is 5.17 Å². The van der Waals surface area contributed by atoms with Crippen molar-refractivity contribution in [3.05, 3.63) is 18.7 Å². The second kappa shape index (κ2) is 4.41. The summed E-state index contributed by atoms with van der Waals surface area (Å²) >= 11 is 1.79. The maximum absolute atomic E-state index is 4.40. The first-order valence-electron chi connectivity index (χ1n) is 4.61. The number of nitrogens with zero attached hydrogens (tertiary/aromatic N) is 3. The van der Waals surface area contributed by atoms with Crippen LogP contribution >= 0.6 is 11.8 Å². The topological polar surface area (TPSA) is 50.2 Å². The molecule has 0 aromatic carbocycles. The lowest BCUT2D eigenvalue weighted by atomic mass is 10.3. The molecule has 0 bridgehead atoms. The Bertz CT molecular complexity index is 325. The summed E-state index contributed by atoms with van der Waals surface area (Å²) in [7, 11) is 0. The molecule has 0 radical (unpaired) electrons. The third kappa shape index (κ3) is 2.23. The molecule has 4 nitrogen and oxygen atoms in total. The number of anilines is 1. The van der Waals surface area contributed by atoms with Crippen molar-refractivity contribution in [2.75, 3.05) is 11.9 Å². The molecule has 5 heteroatoms. The van der Waals surface area contributed by atoms with Crippen LogP contribution < -0.4 is 5.32 Å². The van der Waals surface area contributed by atoms with Crippen LogP contribution in [0.25, 0.3) is 0 Å². The first-order chi connectivity index (χ1) is 6.88. The Balaban J connectivity index is 1.94. The number of rotatable bonds is 2. The van der Waals surface area contributed by atoms with Crippen LogP contribution in [-0.2, 0) is 0 Å². The number of aromatic nitrogens is 2. The Labute approximate surface area is 87.3 Å². The molecular weight excluding hydrogens is 196 g/mol. The highest BCUT2D eigenvalue weighted by molar-refractivity contribution is 8.15. The van der Waals surface area contributed by atoms with E-state index in [0.29, 0.717) is 5.25 Å². The minimum absolute atomic E-state index is 0.627. The van der Waals surface area contributed by atoms with Crippen LogP contribution in [-0.4, -0.2) is 26.9 Å². The molecule has 0 saturated heterocycles. The number of nitrogens with one attached hydrogen (secondary N) is 1. The van der Waals surface area contributed by atoms with Crippen molar-refractivity contribution in [2.45, 2.75) is 18.6 Å². The van der Waals surface area contributed by atoms with E-state index in [9.17, 15) is 0 Å². The molecule has 1 aromatic heterocycles. The van der Waals surface area contributed by atoms with Gasteiger partial charge in [-0.15, -0.1) is 0 Å². The van der Waals surface area contributed by atoms with Gasteiger partial charge in [-0.25, -0.2) is 9.97 Å². The Morgan fingerprint density at radius 1 is 1.50 bits per heavy atom. The largest absolute Gasteiger partial charge is 0.332 e. The van der Waals surface area contributed by atoms with Gasteiger partial charge in [0.25, 0.3) is 0 Å². The Kier molecular flexibility index (Phi) is 2.98. The fraction of sp³-hybridized carbons (Fsp3) is 0.444. The molecule has 14 heavy (non-hydrogen) atoms. The van der Waals surface area contributed by atoms with Gasteiger partial charge in [-0.2, -0.15) is 0 Å². The highest BCUT2D eigenvalue weighted by atomic mass is 32.2. The fourth-order valence-electron chi connectivity index (χ4n) is 1.19. The number of amidine groups is 1. The molecular formula is C9H12N4S. The van der Waals surface area contributed by atoms with Crippen LogP contribution in [0.2, 0.25) is 0 Å². The van der Waals surface area contributed by atoms with Crippen LogP contribution in [0.5, 0.6) is 0 Å². The first-order valence-corrected chi connectivity index (χ1v) is 5.49. The third-order valence-corrected chi connectivity index (χ3v) is 3.25. The average molecular weight is 208 g/mol. The summed E-state index contributed by atoms with van der Waals surface area (Å²) in [4.78, 5) is 12.3. The number of hydrogen-bond acceptors (Lipinski definition) is 5. The predicted molar refractivity (Wildman–Crippen MR) is 59.6 cm³/mol. The van der Waals surface area contributed by atoms with Crippen LogP contribution in [0.3, 0.4) is 0 Å². The van der Waals surface area contributed by atoms with Gasteiger partial charge < -0.3 is 5.32 Å². The van der Waals surface area contributed by atoms with Gasteiger partial charge in [0.2, 0.25) is 0 Å². The molecule has 1 aliphatic rings. The van der Waals surface area contributed by atoms with E-state index in [2.05, 4.69) is 27.2 Å². The summed E-state index contributed by atoms with van der Waals surface area (Å²) in [6.07, 6.45) is 6.17. The highest BCUT2D eigenvalue weighted by Gasteiger charge is 2.17. The molecule has 0 saturated carbocycles. The number of hydrogen-bond donors (Lipinski definition) is 1. The minimum atomic E-state index is 0.627. The Morgan fingerprint density at radius 2 is 2.29 bits per heavy atom. The summed E-state index contributed by atoms with van der Waals surface area (Å²) in [6, 6.07) is 0. The van der Waals surface area contributed by atoms with E-state index in [1.807, 2.05) is 0 Å². The van der Waals surface area contributed by atoms with Gasteiger partial charge in [-0.1, -0.05) is 18.7 Å². The summed E-state index contributed by atoms with van der Waals surface area (Å²) in [5.74, 6) is 0. The molecule has 1 unspecified atom stereocenters. The van der Waals surface area contributed by atoms with E-state index in [0.717, 1.165) is 23.8 Å². The van der Waals surface area contributed by atoms with Gasteiger partial charge >= 0.3 is 0 Å². The van der Waals surface area contributed by atoms with Gasteiger partial charge in [0.05, 0.1) is 24.6 Å². The zero-order valence-corrected chi connectivity index (χ0v) is 8.79.